The van der Waals surface area contributed by atoms with E-state index in [1.165, 1.54) is 0 Å². The minimum absolute atomic E-state index is 0.186. The average Bonchev–Trinajstić information content (AvgIpc) is 2.84. The van der Waals surface area contributed by atoms with Gasteiger partial charge in [-0.15, -0.1) is 11.6 Å². The standard InChI is InChI=1S/C15H21ClN2O2/c1-4-19-10-11(3)18-12-7-6-8-13(20-5-2)15(12)17-14(18)9-16/h6-8,11H,4-5,9-10H2,1-3H3. The number of imidazole rings is 1. The summed E-state index contributed by atoms with van der Waals surface area (Å²) in [5.74, 6) is 2.02. The third kappa shape index (κ3) is 2.91. The summed E-state index contributed by atoms with van der Waals surface area (Å²) in [6.07, 6.45) is 0. The molecule has 5 heteroatoms. The Morgan fingerprint density at radius 3 is 2.75 bits per heavy atom. The fraction of sp³-hybridized carbons (Fsp3) is 0.533. The van der Waals surface area contributed by atoms with Crippen LogP contribution in [0, 0.1) is 0 Å². The number of rotatable bonds is 7. The Morgan fingerprint density at radius 1 is 1.30 bits per heavy atom. The highest BCUT2D eigenvalue weighted by molar-refractivity contribution is 6.16. The van der Waals surface area contributed by atoms with E-state index in [1.807, 2.05) is 32.0 Å². The maximum absolute atomic E-state index is 6.05. The number of nitrogens with zero attached hydrogens (tertiary/aromatic N) is 2. The monoisotopic (exact) mass is 296 g/mol. The Kier molecular flexibility index (Phi) is 5.26. The third-order valence-electron chi connectivity index (χ3n) is 3.18. The molecule has 0 aliphatic rings. The van der Waals surface area contributed by atoms with Crippen molar-refractivity contribution in [1.82, 2.24) is 9.55 Å². The smallest absolute Gasteiger partial charge is 0.147 e. The molecule has 1 unspecified atom stereocenters. The first-order valence-electron chi connectivity index (χ1n) is 6.99. The van der Waals surface area contributed by atoms with E-state index >= 15 is 0 Å². The lowest BCUT2D eigenvalue weighted by Crippen LogP contribution is -2.14. The van der Waals surface area contributed by atoms with Gasteiger partial charge >= 0.3 is 0 Å². The first kappa shape index (κ1) is 15.1. The molecular formula is C15H21ClN2O2. The molecule has 0 spiro atoms. The van der Waals surface area contributed by atoms with Crippen LogP contribution in [0.2, 0.25) is 0 Å². The molecular weight excluding hydrogens is 276 g/mol. The largest absolute Gasteiger partial charge is 0.492 e. The molecule has 0 saturated carbocycles. The first-order chi connectivity index (χ1) is 9.72. The highest BCUT2D eigenvalue weighted by atomic mass is 35.5. The number of hydrogen-bond donors (Lipinski definition) is 0. The Labute approximate surface area is 124 Å². The maximum Gasteiger partial charge on any atom is 0.147 e. The van der Waals surface area contributed by atoms with Crippen molar-refractivity contribution in [3.63, 3.8) is 0 Å². The predicted octanol–water partition coefficient (Wildman–Crippen LogP) is 3.77. The van der Waals surface area contributed by atoms with Gasteiger partial charge in [0.1, 0.15) is 17.1 Å². The molecule has 0 saturated heterocycles. The van der Waals surface area contributed by atoms with Gasteiger partial charge in [-0.05, 0) is 32.9 Å². The van der Waals surface area contributed by atoms with Crippen molar-refractivity contribution < 1.29 is 9.47 Å². The molecule has 1 aromatic heterocycles. The van der Waals surface area contributed by atoms with Crippen molar-refractivity contribution >= 4 is 22.6 Å². The molecule has 0 bridgehead atoms. The van der Waals surface area contributed by atoms with Crippen LogP contribution in [0.5, 0.6) is 5.75 Å². The van der Waals surface area contributed by atoms with Crippen LogP contribution in [0.3, 0.4) is 0 Å². The number of benzene rings is 1. The quantitative estimate of drug-likeness (QED) is 0.730. The Hall–Kier alpha value is -1.26. The number of para-hydroxylation sites is 1. The summed E-state index contributed by atoms with van der Waals surface area (Å²) >= 11 is 6.05. The normalized spacial score (nSPS) is 12.8. The number of fused-ring (bicyclic) bond motifs is 1. The lowest BCUT2D eigenvalue weighted by molar-refractivity contribution is 0.119. The summed E-state index contributed by atoms with van der Waals surface area (Å²) in [7, 11) is 0. The van der Waals surface area contributed by atoms with Crippen molar-refractivity contribution in [1.29, 1.82) is 0 Å². The molecule has 20 heavy (non-hydrogen) atoms. The third-order valence-corrected chi connectivity index (χ3v) is 3.42. The highest BCUT2D eigenvalue weighted by Gasteiger charge is 2.17. The van der Waals surface area contributed by atoms with Gasteiger partial charge in [0.25, 0.3) is 0 Å². The van der Waals surface area contributed by atoms with Gasteiger partial charge in [-0.1, -0.05) is 6.07 Å². The van der Waals surface area contributed by atoms with Crippen LogP contribution in [0.1, 0.15) is 32.6 Å². The summed E-state index contributed by atoms with van der Waals surface area (Å²) in [5, 5.41) is 0. The molecule has 0 radical (unpaired) electrons. The molecule has 2 rings (SSSR count). The number of hydrogen-bond acceptors (Lipinski definition) is 3. The summed E-state index contributed by atoms with van der Waals surface area (Å²) in [6, 6.07) is 6.15. The molecule has 0 N–H and O–H groups in total. The molecule has 1 heterocycles. The number of halogens is 1. The number of ether oxygens (including phenoxy) is 2. The zero-order chi connectivity index (χ0) is 14.5. The zero-order valence-corrected chi connectivity index (χ0v) is 13.0. The van der Waals surface area contributed by atoms with E-state index in [1.54, 1.807) is 0 Å². The van der Waals surface area contributed by atoms with Gasteiger partial charge in [0, 0.05) is 6.61 Å². The summed E-state index contributed by atoms with van der Waals surface area (Å²) in [6.45, 7) is 8.04. The molecule has 1 atom stereocenters. The van der Waals surface area contributed by atoms with E-state index in [0.29, 0.717) is 25.7 Å². The van der Waals surface area contributed by atoms with Gasteiger partial charge in [-0.3, -0.25) is 0 Å². The first-order valence-corrected chi connectivity index (χ1v) is 7.52. The molecule has 0 aliphatic carbocycles. The molecule has 0 aliphatic heterocycles. The molecule has 110 valence electrons. The second-order valence-electron chi connectivity index (χ2n) is 4.60. The fourth-order valence-electron chi connectivity index (χ4n) is 2.36. The van der Waals surface area contributed by atoms with Gasteiger partial charge in [0.05, 0.1) is 30.7 Å². The zero-order valence-electron chi connectivity index (χ0n) is 12.2. The molecule has 4 nitrogen and oxygen atoms in total. The van der Waals surface area contributed by atoms with Gasteiger partial charge in [-0.2, -0.15) is 0 Å². The van der Waals surface area contributed by atoms with E-state index in [2.05, 4.69) is 16.5 Å². The van der Waals surface area contributed by atoms with Crippen LogP contribution in [0.15, 0.2) is 18.2 Å². The summed E-state index contributed by atoms with van der Waals surface area (Å²) in [5.41, 5.74) is 1.91. The predicted molar refractivity (Wildman–Crippen MR) is 81.7 cm³/mol. The maximum atomic E-state index is 6.05. The van der Waals surface area contributed by atoms with Crippen molar-refractivity contribution in [3.05, 3.63) is 24.0 Å². The Bertz CT molecular complexity index is 568. The van der Waals surface area contributed by atoms with E-state index in [9.17, 15) is 0 Å². The lowest BCUT2D eigenvalue weighted by atomic mass is 10.2. The number of alkyl halides is 1. The van der Waals surface area contributed by atoms with Crippen LogP contribution in [-0.4, -0.2) is 29.4 Å². The van der Waals surface area contributed by atoms with Crippen molar-refractivity contribution in [2.24, 2.45) is 0 Å². The van der Waals surface area contributed by atoms with Crippen LogP contribution in [0.4, 0.5) is 0 Å². The fourth-order valence-corrected chi connectivity index (χ4v) is 2.55. The van der Waals surface area contributed by atoms with Crippen molar-refractivity contribution in [2.45, 2.75) is 32.7 Å². The molecule has 0 fully saturated rings. The minimum Gasteiger partial charge on any atom is -0.492 e. The van der Waals surface area contributed by atoms with Crippen molar-refractivity contribution in [2.75, 3.05) is 19.8 Å². The van der Waals surface area contributed by atoms with Crippen molar-refractivity contribution in [3.8, 4) is 5.75 Å². The average molecular weight is 297 g/mol. The van der Waals surface area contributed by atoms with E-state index in [0.717, 1.165) is 22.6 Å². The van der Waals surface area contributed by atoms with Gasteiger partial charge < -0.3 is 14.0 Å². The SMILES string of the molecule is CCOCC(C)n1c(CCl)nc2c(OCC)cccc21. The van der Waals surface area contributed by atoms with E-state index in [4.69, 9.17) is 21.1 Å². The van der Waals surface area contributed by atoms with Gasteiger partial charge in [0.15, 0.2) is 0 Å². The summed E-state index contributed by atoms with van der Waals surface area (Å²) in [4.78, 5) is 4.63. The second-order valence-corrected chi connectivity index (χ2v) is 4.86. The van der Waals surface area contributed by atoms with Crippen LogP contribution >= 0.6 is 11.6 Å². The van der Waals surface area contributed by atoms with Crippen LogP contribution in [0.25, 0.3) is 11.0 Å². The van der Waals surface area contributed by atoms with E-state index < -0.39 is 0 Å². The summed E-state index contributed by atoms with van der Waals surface area (Å²) < 4.78 is 13.3. The van der Waals surface area contributed by atoms with Crippen LogP contribution < -0.4 is 4.74 Å². The van der Waals surface area contributed by atoms with Crippen LogP contribution in [-0.2, 0) is 10.6 Å². The molecule has 2 aromatic rings. The topological polar surface area (TPSA) is 36.3 Å². The van der Waals surface area contributed by atoms with Gasteiger partial charge in [-0.25, -0.2) is 4.98 Å². The molecule has 0 amide bonds. The van der Waals surface area contributed by atoms with Gasteiger partial charge in [0.2, 0.25) is 0 Å². The Morgan fingerprint density at radius 2 is 2.10 bits per heavy atom. The van der Waals surface area contributed by atoms with E-state index in [-0.39, 0.29) is 6.04 Å². The number of aromatic nitrogens is 2. The minimum atomic E-state index is 0.186. The second kappa shape index (κ2) is 6.95. The Balaban J connectivity index is 2.49. The molecule has 1 aromatic carbocycles. The lowest BCUT2D eigenvalue weighted by Gasteiger charge is -2.16. The highest BCUT2D eigenvalue weighted by Crippen LogP contribution is 2.29.